The normalized spacial score (nSPS) is 14.4. The number of hydrogen-bond acceptors (Lipinski definition) is 6. The molecule has 0 bridgehead atoms. The molecule has 4 atom stereocenters. The number of rotatable bonds is 15. The van der Waals surface area contributed by atoms with Gasteiger partial charge in [0.1, 0.15) is 35.6 Å². The Morgan fingerprint density at radius 1 is 0.320 bits per heavy atom. The van der Waals surface area contributed by atoms with Crippen LogP contribution in [0.15, 0.2) is 182 Å². The Bertz CT molecular complexity index is 1520. The molecule has 6 aromatic carbocycles. The van der Waals surface area contributed by atoms with Gasteiger partial charge in [-0.3, -0.25) is 0 Å². The average Bonchev–Trinajstić information content (AvgIpc) is 3.20. The van der Waals surface area contributed by atoms with E-state index in [1.54, 1.807) is 0 Å². The Hall–Kier alpha value is -4.92. The smallest absolute Gasteiger partial charge is 0.143 e. The lowest BCUT2D eigenvalue weighted by molar-refractivity contribution is -0.151. The molecule has 0 aliphatic rings. The molecule has 0 amide bonds. The minimum Gasteiger partial charge on any atom is -0.388 e. The van der Waals surface area contributed by atoms with Crippen molar-refractivity contribution in [3.05, 3.63) is 215 Å². The van der Waals surface area contributed by atoms with Gasteiger partial charge in [0, 0.05) is 0 Å². The SMILES string of the molecule is OC(COC(c1ccccc1)(c1ccccc1)c1ccccc1)C(O)C(O)C(O)COC(c1ccccc1)(c1ccccc1)c1ccccc1. The summed E-state index contributed by atoms with van der Waals surface area (Å²) in [5.41, 5.74) is 2.67. The van der Waals surface area contributed by atoms with E-state index in [0.29, 0.717) is 0 Å². The molecule has 4 unspecified atom stereocenters. The van der Waals surface area contributed by atoms with Gasteiger partial charge in [0.05, 0.1) is 13.2 Å². The van der Waals surface area contributed by atoms with E-state index in [-0.39, 0.29) is 13.2 Å². The molecule has 6 aromatic rings. The Labute approximate surface area is 293 Å². The number of ether oxygens (including phenoxy) is 2. The predicted molar refractivity (Wildman–Crippen MR) is 194 cm³/mol. The minimum absolute atomic E-state index is 0.355. The third kappa shape index (κ3) is 7.18. The van der Waals surface area contributed by atoms with E-state index in [4.69, 9.17) is 9.47 Å². The van der Waals surface area contributed by atoms with Crippen LogP contribution < -0.4 is 0 Å². The van der Waals surface area contributed by atoms with Crippen LogP contribution in [-0.2, 0) is 20.7 Å². The molecule has 6 nitrogen and oxygen atoms in total. The van der Waals surface area contributed by atoms with E-state index < -0.39 is 35.6 Å². The fraction of sp³-hybridized carbons (Fsp3) is 0.182. The highest BCUT2D eigenvalue weighted by molar-refractivity contribution is 5.49. The Morgan fingerprint density at radius 3 is 0.680 bits per heavy atom. The van der Waals surface area contributed by atoms with Gasteiger partial charge >= 0.3 is 0 Å². The van der Waals surface area contributed by atoms with Gasteiger partial charge in [-0.2, -0.15) is 0 Å². The molecular formula is C44H42O6. The summed E-state index contributed by atoms with van der Waals surface area (Å²) in [6, 6.07) is 58.1. The van der Waals surface area contributed by atoms with Crippen LogP contribution >= 0.6 is 0 Å². The molecule has 6 rings (SSSR count). The quantitative estimate of drug-likeness (QED) is 0.0942. The van der Waals surface area contributed by atoms with Crippen molar-refractivity contribution in [1.29, 1.82) is 0 Å². The van der Waals surface area contributed by atoms with Crippen molar-refractivity contribution in [3.8, 4) is 0 Å². The average molecular weight is 667 g/mol. The predicted octanol–water partition coefficient (Wildman–Crippen LogP) is 6.45. The molecule has 0 spiro atoms. The highest BCUT2D eigenvalue weighted by Gasteiger charge is 2.42. The Morgan fingerprint density at radius 2 is 0.500 bits per heavy atom. The fourth-order valence-electron chi connectivity index (χ4n) is 6.61. The van der Waals surface area contributed by atoms with Crippen molar-refractivity contribution in [2.24, 2.45) is 0 Å². The van der Waals surface area contributed by atoms with Crippen LogP contribution in [0.5, 0.6) is 0 Å². The van der Waals surface area contributed by atoms with E-state index in [0.717, 1.165) is 33.4 Å². The van der Waals surface area contributed by atoms with Crippen LogP contribution in [-0.4, -0.2) is 58.1 Å². The summed E-state index contributed by atoms with van der Waals surface area (Å²) in [4.78, 5) is 0. The zero-order valence-electron chi connectivity index (χ0n) is 27.6. The standard InChI is InChI=1S/C44H42O6/c45-39(31-49-43(33-19-7-1-8-20-33,34-21-9-2-10-22-34)35-23-11-3-12-24-35)41(47)42(48)40(46)32-50-44(36-25-13-4-14-26-36,37-27-15-5-16-28-37)38-29-17-6-18-30-38/h1-30,39-42,45-48H,31-32H2. The molecule has 0 aromatic heterocycles. The first-order valence-corrected chi connectivity index (χ1v) is 16.8. The number of benzene rings is 6. The topological polar surface area (TPSA) is 99.4 Å². The summed E-state index contributed by atoms with van der Waals surface area (Å²) in [7, 11) is 0. The van der Waals surface area contributed by atoms with Crippen LogP contribution in [0.1, 0.15) is 33.4 Å². The van der Waals surface area contributed by atoms with Crippen LogP contribution in [0.3, 0.4) is 0 Å². The third-order valence-corrected chi connectivity index (χ3v) is 9.16. The van der Waals surface area contributed by atoms with Gasteiger partial charge in [-0.1, -0.05) is 182 Å². The van der Waals surface area contributed by atoms with Crippen molar-refractivity contribution in [2.45, 2.75) is 35.6 Å². The van der Waals surface area contributed by atoms with Gasteiger partial charge in [-0.05, 0) is 33.4 Å². The maximum atomic E-state index is 11.3. The lowest BCUT2D eigenvalue weighted by atomic mass is 9.80. The molecule has 0 heterocycles. The highest BCUT2D eigenvalue weighted by atomic mass is 16.5. The first-order chi connectivity index (χ1) is 24.5. The lowest BCUT2D eigenvalue weighted by Gasteiger charge is -2.38. The van der Waals surface area contributed by atoms with Crippen molar-refractivity contribution >= 4 is 0 Å². The van der Waals surface area contributed by atoms with Crippen LogP contribution in [0.25, 0.3) is 0 Å². The lowest BCUT2D eigenvalue weighted by Crippen LogP contribution is -2.49. The van der Waals surface area contributed by atoms with E-state index >= 15 is 0 Å². The molecule has 0 fully saturated rings. The van der Waals surface area contributed by atoms with Crippen molar-refractivity contribution < 1.29 is 29.9 Å². The molecule has 0 saturated heterocycles. The van der Waals surface area contributed by atoms with Crippen LogP contribution in [0.2, 0.25) is 0 Å². The zero-order chi connectivity index (χ0) is 34.8. The highest BCUT2D eigenvalue weighted by Crippen LogP contribution is 2.42. The van der Waals surface area contributed by atoms with Gasteiger partial charge in [0.15, 0.2) is 0 Å². The third-order valence-electron chi connectivity index (χ3n) is 9.16. The molecule has 50 heavy (non-hydrogen) atoms. The Kier molecular flexibility index (Phi) is 11.3. The summed E-state index contributed by atoms with van der Waals surface area (Å²) in [5, 5.41) is 45.1. The second kappa shape index (κ2) is 16.2. The minimum atomic E-state index is -1.76. The second-order valence-corrected chi connectivity index (χ2v) is 12.3. The van der Waals surface area contributed by atoms with Crippen molar-refractivity contribution in [2.75, 3.05) is 13.2 Å². The monoisotopic (exact) mass is 666 g/mol. The molecule has 4 N–H and O–H groups in total. The first-order valence-electron chi connectivity index (χ1n) is 16.8. The van der Waals surface area contributed by atoms with Gasteiger partial charge in [-0.15, -0.1) is 0 Å². The van der Waals surface area contributed by atoms with E-state index in [1.165, 1.54) is 0 Å². The molecular weight excluding hydrogens is 624 g/mol. The molecule has 0 aliphatic heterocycles. The summed E-state index contributed by atoms with van der Waals surface area (Å²) >= 11 is 0. The largest absolute Gasteiger partial charge is 0.388 e. The van der Waals surface area contributed by atoms with Crippen LogP contribution in [0.4, 0.5) is 0 Å². The summed E-state index contributed by atoms with van der Waals surface area (Å²) in [6.07, 6.45) is -6.63. The summed E-state index contributed by atoms with van der Waals surface area (Å²) < 4.78 is 13.3. The van der Waals surface area contributed by atoms with Crippen molar-refractivity contribution in [3.63, 3.8) is 0 Å². The van der Waals surface area contributed by atoms with E-state index in [1.807, 2.05) is 182 Å². The summed E-state index contributed by atoms with van der Waals surface area (Å²) in [6.45, 7) is -0.709. The van der Waals surface area contributed by atoms with Crippen LogP contribution in [0, 0.1) is 0 Å². The summed E-state index contributed by atoms with van der Waals surface area (Å²) in [5.74, 6) is 0. The fourth-order valence-corrected chi connectivity index (χ4v) is 6.61. The molecule has 0 aliphatic carbocycles. The van der Waals surface area contributed by atoms with Crippen molar-refractivity contribution in [1.82, 2.24) is 0 Å². The molecule has 254 valence electrons. The zero-order valence-corrected chi connectivity index (χ0v) is 27.6. The van der Waals surface area contributed by atoms with Gasteiger partial charge in [0.2, 0.25) is 0 Å². The van der Waals surface area contributed by atoms with Gasteiger partial charge in [-0.25, -0.2) is 0 Å². The maximum absolute atomic E-state index is 11.3. The molecule has 0 saturated carbocycles. The van der Waals surface area contributed by atoms with Gasteiger partial charge in [0.25, 0.3) is 0 Å². The molecule has 6 heteroatoms. The van der Waals surface area contributed by atoms with E-state index in [2.05, 4.69) is 0 Å². The number of aliphatic hydroxyl groups is 4. The second-order valence-electron chi connectivity index (χ2n) is 12.3. The van der Waals surface area contributed by atoms with Gasteiger partial charge < -0.3 is 29.9 Å². The number of hydrogen-bond donors (Lipinski definition) is 4. The first kappa shape index (κ1) is 34.9. The maximum Gasteiger partial charge on any atom is 0.143 e. The Balaban J connectivity index is 1.25. The van der Waals surface area contributed by atoms with E-state index in [9.17, 15) is 20.4 Å². The number of aliphatic hydroxyl groups excluding tert-OH is 4. The molecule has 0 radical (unpaired) electrons.